The van der Waals surface area contributed by atoms with E-state index in [1.165, 1.54) is 128 Å². The number of hydrogen-bond donors (Lipinski definition) is 0. The fourth-order valence-corrected chi connectivity index (χ4v) is 8.10. The Morgan fingerprint density at radius 3 is 0.829 bits per heavy atom. The summed E-state index contributed by atoms with van der Waals surface area (Å²) in [5.74, 6) is -0.918. The highest BCUT2D eigenvalue weighted by molar-refractivity contribution is 5.71. The van der Waals surface area contributed by atoms with E-state index in [-0.39, 0.29) is 31.1 Å². The number of esters is 3. The predicted octanol–water partition coefficient (Wildman–Crippen LogP) is 19.9. The van der Waals surface area contributed by atoms with Gasteiger partial charge in [-0.15, -0.1) is 0 Å². The summed E-state index contributed by atoms with van der Waals surface area (Å²) >= 11 is 0. The molecule has 0 rings (SSSR count). The fraction of sp³-hybridized carbons (Fsp3) is 0.734. The molecule has 0 saturated carbocycles. The summed E-state index contributed by atoms with van der Waals surface area (Å²) in [6.07, 6.45) is 75.6. The Morgan fingerprint density at radius 1 is 0.286 bits per heavy atom. The summed E-state index contributed by atoms with van der Waals surface area (Å²) < 4.78 is 16.9. The van der Waals surface area contributed by atoms with Crippen molar-refractivity contribution in [2.24, 2.45) is 0 Å². The van der Waals surface area contributed by atoms with Crippen molar-refractivity contribution >= 4 is 17.9 Å². The van der Waals surface area contributed by atoms with E-state index in [0.29, 0.717) is 19.3 Å². The van der Waals surface area contributed by atoms with Gasteiger partial charge in [-0.3, -0.25) is 14.4 Å². The molecule has 0 heterocycles. The second kappa shape index (κ2) is 58.2. The van der Waals surface area contributed by atoms with Crippen LogP contribution in [-0.4, -0.2) is 37.2 Å². The van der Waals surface area contributed by atoms with Gasteiger partial charge in [-0.1, -0.05) is 228 Å². The fourth-order valence-electron chi connectivity index (χ4n) is 8.10. The normalized spacial score (nSPS) is 12.7. The molecule has 0 spiro atoms. The molecule has 70 heavy (non-hydrogen) atoms. The smallest absolute Gasteiger partial charge is 0.306 e. The summed E-state index contributed by atoms with van der Waals surface area (Å²) in [5.41, 5.74) is 0. The molecule has 0 radical (unpaired) electrons. The van der Waals surface area contributed by atoms with Crippen LogP contribution in [0.25, 0.3) is 0 Å². The maximum atomic E-state index is 12.9. The minimum absolute atomic E-state index is 0.0912. The molecule has 0 saturated heterocycles. The van der Waals surface area contributed by atoms with Crippen LogP contribution in [0.3, 0.4) is 0 Å². The lowest BCUT2D eigenvalue weighted by molar-refractivity contribution is -0.167. The zero-order valence-electron chi connectivity index (χ0n) is 46.0. The van der Waals surface area contributed by atoms with E-state index in [1.807, 2.05) is 0 Å². The van der Waals surface area contributed by atoms with Crippen molar-refractivity contribution < 1.29 is 28.6 Å². The van der Waals surface area contributed by atoms with Gasteiger partial charge in [0.1, 0.15) is 13.2 Å². The second-order valence-electron chi connectivity index (χ2n) is 19.5. The SMILES string of the molecule is CCCCC/C=C\C/C=C\C/C=C\CCCCCCCCC(=O)OCC(COC(=O)CCCCCCC/C=C\C/C=C\CCCCC)OC(=O)CCCCCCCCC/C=C\C/C=C\CCCCCC. The standard InChI is InChI=1S/C64H110O6/c1-4-7-10-13-16-19-22-25-28-30-32-34-36-39-42-45-48-51-54-57-63(66)69-60-61(59-68-62(65)56-53-50-47-44-41-38-35-27-24-21-18-15-12-9-6-3)70-64(67)58-55-52-49-46-43-40-37-33-31-29-26-23-20-17-14-11-8-5-2/h16,18-21,23,25,27-29,31-32,34-35,61H,4-15,17,22,24,26,30,33,36-60H2,1-3H3/b19-16-,21-18-,23-20-,28-25-,31-29-,34-32-,35-27-. The van der Waals surface area contributed by atoms with Crippen LogP contribution in [0.15, 0.2) is 85.1 Å². The Labute approximate surface area is 433 Å². The predicted molar refractivity (Wildman–Crippen MR) is 302 cm³/mol. The van der Waals surface area contributed by atoms with Gasteiger partial charge in [-0.2, -0.15) is 0 Å². The average molecular weight is 976 g/mol. The minimum atomic E-state index is -0.794. The second-order valence-corrected chi connectivity index (χ2v) is 19.5. The van der Waals surface area contributed by atoms with Crippen LogP contribution in [0.4, 0.5) is 0 Å². The van der Waals surface area contributed by atoms with Crippen molar-refractivity contribution in [2.75, 3.05) is 13.2 Å². The van der Waals surface area contributed by atoms with Gasteiger partial charge >= 0.3 is 17.9 Å². The Balaban J connectivity index is 4.44. The third-order valence-electron chi connectivity index (χ3n) is 12.6. The number of carbonyl (C=O) groups is 3. The van der Waals surface area contributed by atoms with Gasteiger partial charge in [0.2, 0.25) is 0 Å². The lowest BCUT2D eigenvalue weighted by Gasteiger charge is -2.18. The molecule has 0 aliphatic rings. The summed E-state index contributed by atoms with van der Waals surface area (Å²) in [6, 6.07) is 0. The zero-order valence-corrected chi connectivity index (χ0v) is 46.0. The third kappa shape index (κ3) is 55.5. The molecule has 6 heteroatoms. The monoisotopic (exact) mass is 975 g/mol. The van der Waals surface area contributed by atoms with E-state index in [2.05, 4.69) is 106 Å². The third-order valence-corrected chi connectivity index (χ3v) is 12.6. The molecule has 0 bridgehead atoms. The van der Waals surface area contributed by atoms with Gasteiger partial charge < -0.3 is 14.2 Å². The van der Waals surface area contributed by atoms with E-state index in [0.717, 1.165) is 116 Å². The highest BCUT2D eigenvalue weighted by atomic mass is 16.6. The molecule has 0 fully saturated rings. The van der Waals surface area contributed by atoms with Gasteiger partial charge in [0.15, 0.2) is 6.10 Å². The molecule has 0 aliphatic carbocycles. The number of rotatable bonds is 53. The largest absolute Gasteiger partial charge is 0.462 e. The van der Waals surface area contributed by atoms with E-state index < -0.39 is 6.10 Å². The molecule has 6 nitrogen and oxygen atoms in total. The Morgan fingerprint density at radius 2 is 0.514 bits per heavy atom. The number of hydrogen-bond acceptors (Lipinski definition) is 6. The van der Waals surface area contributed by atoms with Crippen LogP contribution in [0.2, 0.25) is 0 Å². The van der Waals surface area contributed by atoms with Crippen LogP contribution >= 0.6 is 0 Å². The number of allylic oxidation sites excluding steroid dienone is 14. The van der Waals surface area contributed by atoms with Gasteiger partial charge in [-0.05, 0) is 122 Å². The number of ether oxygens (including phenoxy) is 3. The molecule has 1 unspecified atom stereocenters. The van der Waals surface area contributed by atoms with E-state index in [9.17, 15) is 14.4 Å². The Bertz CT molecular complexity index is 1350. The van der Waals surface area contributed by atoms with Crippen LogP contribution in [-0.2, 0) is 28.6 Å². The Kier molecular flexibility index (Phi) is 55.3. The van der Waals surface area contributed by atoms with Gasteiger partial charge in [0.05, 0.1) is 0 Å². The van der Waals surface area contributed by atoms with Crippen LogP contribution in [0.5, 0.6) is 0 Å². The van der Waals surface area contributed by atoms with Gasteiger partial charge in [0.25, 0.3) is 0 Å². The molecule has 0 aromatic rings. The lowest BCUT2D eigenvalue weighted by Crippen LogP contribution is -2.30. The summed E-state index contributed by atoms with van der Waals surface area (Å²) in [6.45, 7) is 6.56. The van der Waals surface area contributed by atoms with Crippen LogP contribution < -0.4 is 0 Å². The molecule has 0 amide bonds. The minimum Gasteiger partial charge on any atom is -0.462 e. The highest BCUT2D eigenvalue weighted by Crippen LogP contribution is 2.14. The van der Waals surface area contributed by atoms with Crippen LogP contribution in [0, 0.1) is 0 Å². The van der Waals surface area contributed by atoms with Gasteiger partial charge in [0, 0.05) is 19.3 Å². The quantitative estimate of drug-likeness (QED) is 0.0261. The lowest BCUT2D eigenvalue weighted by atomic mass is 10.1. The first kappa shape index (κ1) is 66.6. The first-order valence-electron chi connectivity index (χ1n) is 29.6. The first-order valence-corrected chi connectivity index (χ1v) is 29.6. The molecule has 0 aliphatic heterocycles. The number of carbonyl (C=O) groups excluding carboxylic acids is 3. The number of unbranched alkanes of at least 4 members (excludes halogenated alkanes) is 28. The molecular formula is C64H110O6. The van der Waals surface area contributed by atoms with E-state index in [4.69, 9.17) is 14.2 Å². The topological polar surface area (TPSA) is 78.9 Å². The Hall–Kier alpha value is -3.41. The average Bonchev–Trinajstić information content (AvgIpc) is 3.36. The van der Waals surface area contributed by atoms with Crippen molar-refractivity contribution in [3.8, 4) is 0 Å². The van der Waals surface area contributed by atoms with Crippen molar-refractivity contribution in [2.45, 2.75) is 290 Å². The molecule has 0 aromatic heterocycles. The van der Waals surface area contributed by atoms with Crippen molar-refractivity contribution in [1.29, 1.82) is 0 Å². The van der Waals surface area contributed by atoms with Crippen molar-refractivity contribution in [1.82, 2.24) is 0 Å². The summed E-state index contributed by atoms with van der Waals surface area (Å²) in [7, 11) is 0. The maximum Gasteiger partial charge on any atom is 0.306 e. The van der Waals surface area contributed by atoms with Crippen molar-refractivity contribution in [3.63, 3.8) is 0 Å². The van der Waals surface area contributed by atoms with E-state index in [1.54, 1.807) is 0 Å². The molecule has 402 valence electrons. The summed E-state index contributed by atoms with van der Waals surface area (Å²) in [5, 5.41) is 0. The molecule has 1 atom stereocenters. The first-order chi connectivity index (χ1) is 34.5. The zero-order chi connectivity index (χ0) is 50.7. The highest BCUT2D eigenvalue weighted by Gasteiger charge is 2.19. The molecular weight excluding hydrogens is 865 g/mol. The van der Waals surface area contributed by atoms with Gasteiger partial charge in [-0.25, -0.2) is 0 Å². The maximum absolute atomic E-state index is 12.9. The molecule has 0 aromatic carbocycles. The van der Waals surface area contributed by atoms with Crippen LogP contribution in [0.1, 0.15) is 284 Å². The van der Waals surface area contributed by atoms with Crippen molar-refractivity contribution in [3.05, 3.63) is 85.1 Å². The summed E-state index contributed by atoms with van der Waals surface area (Å²) in [4.78, 5) is 38.2. The van der Waals surface area contributed by atoms with E-state index >= 15 is 0 Å². The molecule has 0 N–H and O–H groups in total.